The summed E-state index contributed by atoms with van der Waals surface area (Å²) in [5.74, 6) is -0.189. The van der Waals surface area contributed by atoms with Gasteiger partial charge in [0.15, 0.2) is 0 Å². The minimum absolute atomic E-state index is 0.189. The summed E-state index contributed by atoms with van der Waals surface area (Å²) in [6.45, 7) is 0. The summed E-state index contributed by atoms with van der Waals surface area (Å²) in [4.78, 5) is 12.5. The van der Waals surface area contributed by atoms with Gasteiger partial charge in [-0.15, -0.1) is 11.3 Å². The molecular weight excluding hydrogens is 256 g/mol. The quantitative estimate of drug-likeness (QED) is 0.894. The van der Waals surface area contributed by atoms with E-state index in [1.165, 1.54) is 11.3 Å². The average molecular weight is 269 g/mol. The second kappa shape index (κ2) is 5.07. The molecule has 0 radical (unpaired) electrons. The van der Waals surface area contributed by atoms with Crippen molar-refractivity contribution in [1.82, 2.24) is 5.32 Å². The summed E-state index contributed by atoms with van der Waals surface area (Å²) < 4.78 is 0.588. The molecule has 90 valence electrons. The molecule has 0 aliphatic heterocycles. The van der Waals surface area contributed by atoms with Crippen LogP contribution in [0.2, 0.25) is 4.34 Å². The normalized spacial score (nSPS) is 18.4. The van der Waals surface area contributed by atoms with Crippen molar-refractivity contribution < 1.29 is 4.79 Å². The predicted molar refractivity (Wildman–Crippen MR) is 68.2 cm³/mol. The van der Waals surface area contributed by atoms with Crippen LogP contribution in [0, 0.1) is 11.3 Å². The summed E-state index contributed by atoms with van der Waals surface area (Å²) in [7, 11) is 0. The van der Waals surface area contributed by atoms with Crippen molar-refractivity contribution in [2.24, 2.45) is 0 Å². The third-order valence-corrected chi connectivity index (χ3v) is 4.30. The Hall–Kier alpha value is -1.05. The van der Waals surface area contributed by atoms with E-state index in [-0.39, 0.29) is 5.91 Å². The monoisotopic (exact) mass is 268 g/mol. The Morgan fingerprint density at radius 1 is 1.41 bits per heavy atom. The summed E-state index contributed by atoms with van der Waals surface area (Å²) in [6, 6.07) is 5.65. The molecule has 0 spiro atoms. The van der Waals surface area contributed by atoms with E-state index in [1.807, 2.05) is 0 Å². The first-order valence-electron chi connectivity index (χ1n) is 5.64. The van der Waals surface area contributed by atoms with Crippen molar-refractivity contribution >= 4 is 28.8 Å². The second-order valence-corrected chi connectivity index (χ2v) is 6.03. The Bertz CT molecular complexity index is 457. The van der Waals surface area contributed by atoms with Gasteiger partial charge in [0.1, 0.15) is 5.54 Å². The number of carbonyl (C=O) groups excluding carboxylic acids is 1. The van der Waals surface area contributed by atoms with Gasteiger partial charge in [0, 0.05) is 0 Å². The maximum absolute atomic E-state index is 12.0. The maximum Gasteiger partial charge on any atom is 0.262 e. The summed E-state index contributed by atoms with van der Waals surface area (Å²) >= 11 is 7.03. The standard InChI is InChI=1S/C12H13ClN2OS/c13-10-5-4-9(17-10)11(16)15-12(8-14)6-2-1-3-7-12/h4-5H,1-3,6-7H2,(H,15,16). The van der Waals surface area contributed by atoms with E-state index in [0.717, 1.165) is 32.1 Å². The molecule has 0 saturated heterocycles. The Morgan fingerprint density at radius 3 is 2.65 bits per heavy atom. The highest BCUT2D eigenvalue weighted by molar-refractivity contribution is 7.18. The molecule has 1 heterocycles. The molecule has 3 nitrogen and oxygen atoms in total. The number of rotatable bonds is 2. The van der Waals surface area contributed by atoms with Gasteiger partial charge in [-0.05, 0) is 25.0 Å². The number of nitrogens with zero attached hydrogens (tertiary/aromatic N) is 1. The zero-order valence-electron chi connectivity index (χ0n) is 9.33. The molecule has 1 aliphatic carbocycles. The number of hydrogen-bond acceptors (Lipinski definition) is 3. The molecule has 5 heteroatoms. The van der Waals surface area contributed by atoms with E-state index in [0.29, 0.717) is 9.21 Å². The molecule has 0 unspecified atom stereocenters. The van der Waals surface area contributed by atoms with Gasteiger partial charge in [0.25, 0.3) is 5.91 Å². The lowest BCUT2D eigenvalue weighted by molar-refractivity contribution is 0.0907. The van der Waals surface area contributed by atoms with E-state index < -0.39 is 5.54 Å². The van der Waals surface area contributed by atoms with Crippen LogP contribution in [-0.2, 0) is 0 Å². The van der Waals surface area contributed by atoms with Crippen LogP contribution in [0.4, 0.5) is 0 Å². The summed E-state index contributed by atoms with van der Waals surface area (Å²) in [6.07, 6.45) is 4.63. The first-order valence-corrected chi connectivity index (χ1v) is 6.84. The predicted octanol–water partition coefficient (Wildman–Crippen LogP) is 3.36. The highest BCUT2D eigenvalue weighted by Crippen LogP contribution is 2.29. The minimum Gasteiger partial charge on any atom is -0.333 e. The summed E-state index contributed by atoms with van der Waals surface area (Å²) in [5.41, 5.74) is -0.675. The molecule has 1 N–H and O–H groups in total. The minimum atomic E-state index is -0.675. The Morgan fingerprint density at radius 2 is 2.12 bits per heavy atom. The van der Waals surface area contributed by atoms with E-state index in [4.69, 9.17) is 11.6 Å². The van der Waals surface area contributed by atoms with Gasteiger partial charge in [-0.1, -0.05) is 30.9 Å². The fraction of sp³-hybridized carbons (Fsp3) is 0.500. The van der Waals surface area contributed by atoms with Crippen LogP contribution < -0.4 is 5.32 Å². The zero-order chi connectivity index (χ0) is 12.3. The lowest BCUT2D eigenvalue weighted by atomic mass is 9.83. The number of thiophene rings is 1. The molecule has 1 aliphatic rings. The number of nitrogens with one attached hydrogen (secondary N) is 1. The molecule has 1 aromatic heterocycles. The SMILES string of the molecule is N#CC1(NC(=O)c2ccc(Cl)s2)CCCCC1. The van der Waals surface area contributed by atoms with E-state index in [1.54, 1.807) is 12.1 Å². The maximum atomic E-state index is 12.0. The van der Waals surface area contributed by atoms with Crippen LogP contribution >= 0.6 is 22.9 Å². The average Bonchev–Trinajstić information content (AvgIpc) is 2.77. The molecule has 1 saturated carbocycles. The molecule has 1 aromatic rings. The molecular formula is C12H13ClN2OS. The van der Waals surface area contributed by atoms with Crippen LogP contribution in [0.3, 0.4) is 0 Å². The number of nitriles is 1. The Balaban J connectivity index is 2.09. The van der Waals surface area contributed by atoms with Crippen molar-refractivity contribution in [2.45, 2.75) is 37.6 Å². The first-order chi connectivity index (χ1) is 8.15. The molecule has 17 heavy (non-hydrogen) atoms. The number of carbonyl (C=O) groups is 1. The molecule has 0 atom stereocenters. The number of halogens is 1. The van der Waals surface area contributed by atoms with Crippen molar-refractivity contribution in [3.05, 3.63) is 21.3 Å². The largest absolute Gasteiger partial charge is 0.333 e. The van der Waals surface area contributed by atoms with Gasteiger partial charge in [-0.25, -0.2) is 0 Å². The zero-order valence-corrected chi connectivity index (χ0v) is 10.9. The van der Waals surface area contributed by atoms with Crippen molar-refractivity contribution in [3.8, 4) is 6.07 Å². The van der Waals surface area contributed by atoms with Crippen LogP contribution in [0.5, 0.6) is 0 Å². The van der Waals surface area contributed by atoms with Gasteiger partial charge in [0.05, 0.1) is 15.3 Å². The fourth-order valence-electron chi connectivity index (χ4n) is 2.14. The van der Waals surface area contributed by atoms with Crippen LogP contribution in [-0.4, -0.2) is 11.4 Å². The topological polar surface area (TPSA) is 52.9 Å². The van der Waals surface area contributed by atoms with E-state index >= 15 is 0 Å². The third kappa shape index (κ3) is 2.80. The van der Waals surface area contributed by atoms with Crippen LogP contribution in [0.1, 0.15) is 41.8 Å². The number of hydrogen-bond donors (Lipinski definition) is 1. The third-order valence-electron chi connectivity index (χ3n) is 3.07. The first kappa shape index (κ1) is 12.4. The lowest BCUT2D eigenvalue weighted by Gasteiger charge is -2.31. The molecule has 0 aromatic carbocycles. The highest BCUT2D eigenvalue weighted by Gasteiger charge is 2.34. The number of amides is 1. The molecule has 2 rings (SSSR count). The fourth-order valence-corrected chi connectivity index (χ4v) is 3.07. The second-order valence-electron chi connectivity index (χ2n) is 4.31. The van der Waals surface area contributed by atoms with E-state index in [9.17, 15) is 10.1 Å². The van der Waals surface area contributed by atoms with Gasteiger partial charge >= 0.3 is 0 Å². The van der Waals surface area contributed by atoms with Gasteiger partial charge < -0.3 is 5.32 Å². The molecule has 0 bridgehead atoms. The van der Waals surface area contributed by atoms with Gasteiger partial charge in [-0.2, -0.15) is 5.26 Å². The van der Waals surface area contributed by atoms with Crippen molar-refractivity contribution in [3.63, 3.8) is 0 Å². The highest BCUT2D eigenvalue weighted by atomic mass is 35.5. The molecule has 1 amide bonds. The van der Waals surface area contributed by atoms with E-state index in [2.05, 4.69) is 11.4 Å². The lowest BCUT2D eigenvalue weighted by Crippen LogP contribution is -2.48. The molecule has 1 fully saturated rings. The van der Waals surface area contributed by atoms with Crippen LogP contribution in [0.25, 0.3) is 0 Å². The van der Waals surface area contributed by atoms with Gasteiger partial charge in [0.2, 0.25) is 0 Å². The van der Waals surface area contributed by atoms with Gasteiger partial charge in [-0.3, -0.25) is 4.79 Å². The van der Waals surface area contributed by atoms with Crippen LogP contribution in [0.15, 0.2) is 12.1 Å². The smallest absolute Gasteiger partial charge is 0.262 e. The van der Waals surface area contributed by atoms with Crippen molar-refractivity contribution in [2.75, 3.05) is 0 Å². The van der Waals surface area contributed by atoms with Crippen molar-refractivity contribution in [1.29, 1.82) is 5.26 Å². The Labute approximate surface area is 109 Å². The summed E-state index contributed by atoms with van der Waals surface area (Å²) in [5, 5.41) is 12.1. The Kier molecular flexibility index (Phi) is 3.70.